The first-order valence-corrected chi connectivity index (χ1v) is 6.49. The zero-order valence-corrected chi connectivity index (χ0v) is 11.1. The molecule has 0 amide bonds. The molecule has 1 heterocycles. The summed E-state index contributed by atoms with van der Waals surface area (Å²) in [7, 11) is 1.99. The highest BCUT2D eigenvalue weighted by molar-refractivity contribution is 5.75. The Morgan fingerprint density at radius 2 is 2.26 bits per heavy atom. The molecule has 0 atom stereocenters. The number of imidazole rings is 1. The third-order valence-corrected chi connectivity index (χ3v) is 3.12. The minimum absolute atomic E-state index is 0.229. The average molecular weight is 261 g/mol. The zero-order valence-electron chi connectivity index (χ0n) is 11.1. The highest BCUT2D eigenvalue weighted by atomic mass is 16.4. The lowest BCUT2D eigenvalue weighted by molar-refractivity contribution is -0.137. The Balaban J connectivity index is 1.77. The quantitative estimate of drug-likeness (QED) is 0.742. The zero-order chi connectivity index (χ0) is 13.7. The molecule has 5 nitrogen and oxygen atoms in total. The van der Waals surface area contributed by atoms with Crippen molar-refractivity contribution in [2.45, 2.75) is 19.3 Å². The maximum absolute atomic E-state index is 10.3. The maximum Gasteiger partial charge on any atom is 0.303 e. The first-order chi connectivity index (χ1) is 9.16. The van der Waals surface area contributed by atoms with E-state index in [0.29, 0.717) is 6.42 Å². The van der Waals surface area contributed by atoms with Crippen molar-refractivity contribution in [1.82, 2.24) is 14.9 Å². The molecule has 0 unspecified atom stereocenters. The molecule has 2 N–H and O–H groups in total. The van der Waals surface area contributed by atoms with E-state index in [2.05, 4.69) is 28.5 Å². The van der Waals surface area contributed by atoms with Gasteiger partial charge in [0, 0.05) is 13.5 Å². The largest absolute Gasteiger partial charge is 0.481 e. The summed E-state index contributed by atoms with van der Waals surface area (Å²) in [5.41, 5.74) is 3.40. The van der Waals surface area contributed by atoms with Gasteiger partial charge in [-0.3, -0.25) is 4.79 Å². The van der Waals surface area contributed by atoms with Crippen LogP contribution in [0.4, 0.5) is 0 Å². The fraction of sp³-hybridized carbons (Fsp3) is 0.429. The van der Waals surface area contributed by atoms with Gasteiger partial charge in [0.2, 0.25) is 0 Å². The van der Waals surface area contributed by atoms with E-state index in [1.807, 2.05) is 17.9 Å². The van der Waals surface area contributed by atoms with Crippen molar-refractivity contribution < 1.29 is 9.90 Å². The monoisotopic (exact) mass is 261 g/mol. The van der Waals surface area contributed by atoms with Crippen molar-refractivity contribution in [2.75, 3.05) is 13.1 Å². The van der Waals surface area contributed by atoms with Crippen molar-refractivity contribution in [3.8, 4) is 0 Å². The number of carboxylic acids is 1. The number of carboxylic acid groups (broad SMARTS) is 1. The molecule has 0 saturated carbocycles. The molecule has 0 aliphatic carbocycles. The van der Waals surface area contributed by atoms with Gasteiger partial charge in [-0.1, -0.05) is 6.07 Å². The van der Waals surface area contributed by atoms with E-state index in [0.717, 1.165) is 30.5 Å². The number of aromatic nitrogens is 2. The summed E-state index contributed by atoms with van der Waals surface area (Å²) in [4.78, 5) is 14.7. The smallest absolute Gasteiger partial charge is 0.303 e. The van der Waals surface area contributed by atoms with Gasteiger partial charge in [-0.2, -0.15) is 0 Å². The highest BCUT2D eigenvalue weighted by Crippen LogP contribution is 2.13. The van der Waals surface area contributed by atoms with Crippen molar-refractivity contribution in [1.29, 1.82) is 0 Å². The molecular formula is C14H19N3O2. The number of nitrogens with one attached hydrogen (secondary N) is 1. The minimum Gasteiger partial charge on any atom is -0.481 e. The summed E-state index contributed by atoms with van der Waals surface area (Å²) in [6, 6.07) is 6.30. The Kier molecular flexibility index (Phi) is 4.52. The molecule has 1 aromatic carbocycles. The van der Waals surface area contributed by atoms with Gasteiger partial charge in [0.05, 0.1) is 17.4 Å². The van der Waals surface area contributed by atoms with Crippen LogP contribution < -0.4 is 5.32 Å². The number of hydrogen-bond donors (Lipinski definition) is 2. The molecule has 0 aliphatic heterocycles. The first kappa shape index (κ1) is 13.5. The Morgan fingerprint density at radius 3 is 3.05 bits per heavy atom. The fourth-order valence-electron chi connectivity index (χ4n) is 2.06. The third-order valence-electron chi connectivity index (χ3n) is 3.12. The lowest BCUT2D eigenvalue weighted by Crippen LogP contribution is -2.19. The van der Waals surface area contributed by atoms with E-state index in [-0.39, 0.29) is 6.42 Å². The Bertz CT molecular complexity index is 563. The van der Waals surface area contributed by atoms with Gasteiger partial charge in [0.1, 0.15) is 0 Å². The molecule has 0 saturated heterocycles. The maximum atomic E-state index is 10.3. The van der Waals surface area contributed by atoms with Crippen molar-refractivity contribution in [3.05, 3.63) is 30.1 Å². The van der Waals surface area contributed by atoms with Gasteiger partial charge in [-0.15, -0.1) is 0 Å². The number of fused-ring (bicyclic) bond motifs is 1. The predicted octanol–water partition coefficient (Wildman–Crippen LogP) is 1.57. The Labute approximate surface area is 112 Å². The lowest BCUT2D eigenvalue weighted by atomic mass is 10.1. The number of benzene rings is 1. The fourth-order valence-corrected chi connectivity index (χ4v) is 2.06. The number of nitrogens with zero attached hydrogens (tertiary/aromatic N) is 2. The van der Waals surface area contributed by atoms with E-state index < -0.39 is 5.97 Å². The summed E-state index contributed by atoms with van der Waals surface area (Å²) < 4.78 is 2.00. The van der Waals surface area contributed by atoms with E-state index in [9.17, 15) is 4.79 Å². The van der Waals surface area contributed by atoms with E-state index in [1.54, 1.807) is 0 Å². The molecule has 102 valence electrons. The molecule has 0 fully saturated rings. The van der Waals surface area contributed by atoms with E-state index in [4.69, 9.17) is 5.11 Å². The van der Waals surface area contributed by atoms with E-state index in [1.165, 1.54) is 5.56 Å². The second-order valence-corrected chi connectivity index (χ2v) is 4.68. The van der Waals surface area contributed by atoms with Gasteiger partial charge >= 0.3 is 5.97 Å². The topological polar surface area (TPSA) is 67.2 Å². The van der Waals surface area contributed by atoms with Crippen LogP contribution in [0.25, 0.3) is 11.0 Å². The van der Waals surface area contributed by atoms with Gasteiger partial charge in [0.25, 0.3) is 0 Å². The van der Waals surface area contributed by atoms with Crippen molar-refractivity contribution in [3.63, 3.8) is 0 Å². The van der Waals surface area contributed by atoms with Gasteiger partial charge < -0.3 is 15.0 Å². The summed E-state index contributed by atoms with van der Waals surface area (Å²) in [6.45, 7) is 1.61. The molecule has 0 aliphatic rings. The second kappa shape index (κ2) is 6.33. The standard InChI is InChI=1S/C14H19N3O2/c1-17-10-16-12-9-11(4-5-13(12)17)6-8-15-7-2-3-14(18)19/h4-5,9-10,15H,2-3,6-8H2,1H3,(H,18,19). The molecule has 19 heavy (non-hydrogen) atoms. The molecule has 0 bridgehead atoms. The molecule has 0 radical (unpaired) electrons. The van der Waals surface area contributed by atoms with Crippen LogP contribution in [-0.4, -0.2) is 33.7 Å². The van der Waals surface area contributed by atoms with Crippen molar-refractivity contribution in [2.24, 2.45) is 7.05 Å². The van der Waals surface area contributed by atoms with Crippen LogP contribution in [0.5, 0.6) is 0 Å². The molecule has 2 aromatic rings. The van der Waals surface area contributed by atoms with Crippen LogP contribution in [0.15, 0.2) is 24.5 Å². The summed E-state index contributed by atoms with van der Waals surface area (Å²) in [5.74, 6) is -0.734. The van der Waals surface area contributed by atoms with Crippen LogP contribution >= 0.6 is 0 Å². The SMILES string of the molecule is Cn1cnc2cc(CCNCCCC(=O)O)ccc21. The Morgan fingerprint density at radius 1 is 1.42 bits per heavy atom. The molecule has 0 spiro atoms. The van der Waals surface area contributed by atoms with Gasteiger partial charge in [-0.25, -0.2) is 4.98 Å². The summed E-state index contributed by atoms with van der Waals surface area (Å²) in [6.07, 6.45) is 3.65. The average Bonchev–Trinajstić information content (AvgIpc) is 2.75. The normalized spacial score (nSPS) is 11.0. The van der Waals surface area contributed by atoms with Crippen LogP contribution in [-0.2, 0) is 18.3 Å². The van der Waals surface area contributed by atoms with Crippen LogP contribution in [0, 0.1) is 0 Å². The van der Waals surface area contributed by atoms with Gasteiger partial charge in [-0.05, 0) is 43.6 Å². The van der Waals surface area contributed by atoms with Crippen LogP contribution in [0.2, 0.25) is 0 Å². The third kappa shape index (κ3) is 3.79. The number of hydrogen-bond acceptors (Lipinski definition) is 3. The van der Waals surface area contributed by atoms with Gasteiger partial charge in [0.15, 0.2) is 0 Å². The molecular weight excluding hydrogens is 242 g/mol. The summed E-state index contributed by atoms with van der Waals surface area (Å²) >= 11 is 0. The highest BCUT2D eigenvalue weighted by Gasteiger charge is 2.01. The number of aliphatic carboxylic acids is 1. The lowest BCUT2D eigenvalue weighted by Gasteiger charge is -2.04. The number of aryl methyl sites for hydroxylation is 1. The first-order valence-electron chi connectivity index (χ1n) is 6.49. The predicted molar refractivity (Wildman–Crippen MR) is 74.2 cm³/mol. The second-order valence-electron chi connectivity index (χ2n) is 4.68. The number of carbonyl (C=O) groups is 1. The molecule has 1 aromatic heterocycles. The molecule has 2 rings (SSSR count). The summed E-state index contributed by atoms with van der Waals surface area (Å²) in [5, 5.41) is 11.8. The minimum atomic E-state index is -0.734. The molecule has 5 heteroatoms. The van der Waals surface area contributed by atoms with E-state index >= 15 is 0 Å². The Hall–Kier alpha value is -1.88. The van der Waals surface area contributed by atoms with Crippen molar-refractivity contribution >= 4 is 17.0 Å². The van der Waals surface area contributed by atoms with Crippen LogP contribution in [0.3, 0.4) is 0 Å². The van der Waals surface area contributed by atoms with Crippen LogP contribution in [0.1, 0.15) is 18.4 Å². The number of rotatable bonds is 7.